The molecule has 2 aromatic carbocycles. The Morgan fingerprint density at radius 3 is 2.35 bits per heavy atom. The lowest BCUT2D eigenvalue weighted by Gasteiger charge is -2.35. The molecule has 1 aliphatic carbocycles. The van der Waals surface area contributed by atoms with Gasteiger partial charge in [0.25, 0.3) is 11.8 Å². The number of allylic oxidation sites excluding steroid dienone is 1. The molecule has 5 nitrogen and oxygen atoms in total. The van der Waals surface area contributed by atoms with Crippen molar-refractivity contribution in [3.05, 3.63) is 82.0 Å². The third-order valence-electron chi connectivity index (χ3n) is 6.12. The highest BCUT2D eigenvalue weighted by atomic mass is 35.5. The van der Waals surface area contributed by atoms with Crippen LogP contribution in [0.1, 0.15) is 42.6 Å². The highest BCUT2D eigenvalue weighted by Crippen LogP contribution is 2.52. The minimum atomic E-state index is -5.26. The molecule has 0 radical (unpaired) electrons. The van der Waals surface area contributed by atoms with E-state index in [9.17, 15) is 27.6 Å². The summed E-state index contributed by atoms with van der Waals surface area (Å²) in [6.07, 6.45) is -5.36. The van der Waals surface area contributed by atoms with Crippen LogP contribution >= 0.6 is 11.6 Å². The molecule has 0 spiro atoms. The highest BCUT2D eigenvalue weighted by molar-refractivity contribution is 6.31. The number of hydrogen-bond donors (Lipinski definition) is 1. The van der Waals surface area contributed by atoms with Gasteiger partial charge in [0.05, 0.1) is 12.1 Å². The normalized spacial score (nSPS) is 22.1. The van der Waals surface area contributed by atoms with Crippen molar-refractivity contribution >= 4 is 29.2 Å². The van der Waals surface area contributed by atoms with Gasteiger partial charge in [-0.05, 0) is 35.6 Å². The number of rotatable bonds is 4. The van der Waals surface area contributed by atoms with E-state index in [1.807, 2.05) is 5.32 Å². The van der Waals surface area contributed by atoms with Crippen molar-refractivity contribution in [3.8, 4) is 0 Å². The summed E-state index contributed by atoms with van der Waals surface area (Å²) in [5.41, 5.74) is -4.39. The van der Waals surface area contributed by atoms with E-state index in [2.05, 4.69) is 0 Å². The summed E-state index contributed by atoms with van der Waals surface area (Å²) in [4.78, 5) is 40.7. The molecule has 0 saturated heterocycles. The SMILES string of the molecule is CC1(C)CC(=O)C2=C(C1)N(Cc1ccccc1)C(=O)C2(NC(=O)c1cccc(Cl)c1)C(F)(F)F. The van der Waals surface area contributed by atoms with Gasteiger partial charge < -0.3 is 10.2 Å². The van der Waals surface area contributed by atoms with Gasteiger partial charge in [-0.3, -0.25) is 14.4 Å². The van der Waals surface area contributed by atoms with Crippen molar-refractivity contribution in [2.45, 2.75) is 44.9 Å². The van der Waals surface area contributed by atoms with E-state index in [4.69, 9.17) is 11.6 Å². The Labute approximate surface area is 199 Å². The Kier molecular flexibility index (Phi) is 5.84. The van der Waals surface area contributed by atoms with Gasteiger partial charge in [-0.1, -0.05) is 61.8 Å². The number of carbonyl (C=O) groups is 3. The molecule has 4 rings (SSSR count). The largest absolute Gasteiger partial charge is 0.425 e. The maximum Gasteiger partial charge on any atom is 0.425 e. The molecule has 1 atom stereocenters. The molecule has 2 amide bonds. The van der Waals surface area contributed by atoms with Gasteiger partial charge in [-0.25, -0.2) is 0 Å². The Bertz CT molecular complexity index is 1210. The van der Waals surface area contributed by atoms with E-state index < -0.39 is 40.3 Å². The number of hydrogen-bond acceptors (Lipinski definition) is 3. The van der Waals surface area contributed by atoms with Gasteiger partial charge in [0.15, 0.2) is 5.78 Å². The van der Waals surface area contributed by atoms with Gasteiger partial charge in [0.2, 0.25) is 5.54 Å². The van der Waals surface area contributed by atoms with E-state index in [1.165, 1.54) is 24.3 Å². The van der Waals surface area contributed by atoms with Crippen LogP contribution in [0.3, 0.4) is 0 Å². The molecule has 1 unspecified atom stereocenters. The molecule has 9 heteroatoms. The minimum Gasteiger partial charge on any atom is -0.326 e. The second-order valence-corrected chi connectivity index (χ2v) is 9.79. The summed E-state index contributed by atoms with van der Waals surface area (Å²) in [6, 6.07) is 13.9. The molecule has 1 aliphatic heterocycles. The van der Waals surface area contributed by atoms with Crippen LogP contribution in [0.4, 0.5) is 13.2 Å². The van der Waals surface area contributed by atoms with Gasteiger partial charge >= 0.3 is 6.18 Å². The van der Waals surface area contributed by atoms with Crippen molar-refractivity contribution in [1.82, 2.24) is 10.2 Å². The number of Topliss-reactive ketones (excluding diaryl/α,β-unsaturated/α-hetero) is 1. The van der Waals surface area contributed by atoms with Crippen LogP contribution in [0, 0.1) is 5.41 Å². The highest BCUT2D eigenvalue weighted by Gasteiger charge is 2.71. The summed E-state index contributed by atoms with van der Waals surface area (Å²) >= 11 is 5.90. The average Bonchev–Trinajstić information content (AvgIpc) is 2.97. The number of alkyl halides is 3. The van der Waals surface area contributed by atoms with Crippen LogP contribution in [-0.4, -0.2) is 34.2 Å². The number of nitrogens with zero attached hydrogens (tertiary/aromatic N) is 1. The second kappa shape index (κ2) is 8.27. The maximum atomic E-state index is 14.8. The molecular weight excluding hydrogens is 469 g/mol. The quantitative estimate of drug-likeness (QED) is 0.651. The zero-order valence-corrected chi connectivity index (χ0v) is 19.3. The lowest BCUT2D eigenvalue weighted by molar-refractivity contribution is -0.190. The molecule has 2 aliphatic rings. The molecule has 178 valence electrons. The predicted molar refractivity (Wildman–Crippen MR) is 120 cm³/mol. The van der Waals surface area contributed by atoms with Crippen LogP contribution in [0.15, 0.2) is 65.9 Å². The number of benzene rings is 2. The van der Waals surface area contributed by atoms with Crippen molar-refractivity contribution in [3.63, 3.8) is 0 Å². The molecular formula is C25H22ClF3N2O3. The summed E-state index contributed by atoms with van der Waals surface area (Å²) in [5, 5.41) is 2.05. The summed E-state index contributed by atoms with van der Waals surface area (Å²) < 4.78 is 44.4. The predicted octanol–water partition coefficient (Wildman–Crippen LogP) is 5.06. The third kappa shape index (κ3) is 4.00. The van der Waals surface area contributed by atoms with Crippen LogP contribution in [0.2, 0.25) is 5.02 Å². The molecule has 1 N–H and O–H groups in total. The lowest BCUT2D eigenvalue weighted by Crippen LogP contribution is -2.66. The molecule has 0 aromatic heterocycles. The van der Waals surface area contributed by atoms with Crippen LogP contribution in [0.5, 0.6) is 0 Å². The third-order valence-corrected chi connectivity index (χ3v) is 6.35. The van der Waals surface area contributed by atoms with Crippen LogP contribution in [-0.2, 0) is 16.1 Å². The summed E-state index contributed by atoms with van der Waals surface area (Å²) in [7, 11) is 0. The number of nitrogens with one attached hydrogen (secondary N) is 1. The number of halogens is 4. The number of carbonyl (C=O) groups excluding carboxylic acids is 3. The standard InChI is InChI=1S/C25H22ClF3N2O3/c1-23(2)12-18-20(19(32)13-23)24(25(27,28)29,30-21(33)16-9-6-10-17(26)11-16)22(34)31(18)14-15-7-4-3-5-8-15/h3-11H,12-14H2,1-2H3,(H,30,33). The number of ketones is 1. The van der Waals surface area contributed by atoms with Crippen molar-refractivity contribution in [2.24, 2.45) is 5.41 Å². The Hall–Kier alpha value is -3.13. The fraction of sp³-hybridized carbons (Fsp3) is 0.320. The fourth-order valence-electron chi connectivity index (χ4n) is 4.63. The first-order valence-corrected chi connectivity index (χ1v) is 11.0. The Morgan fingerprint density at radius 2 is 1.74 bits per heavy atom. The van der Waals surface area contributed by atoms with E-state index in [0.29, 0.717) is 5.56 Å². The Balaban J connectivity index is 1.88. The first kappa shape index (κ1) is 24.0. The lowest BCUT2D eigenvalue weighted by atomic mass is 9.72. The van der Waals surface area contributed by atoms with E-state index in [0.717, 1.165) is 4.90 Å². The van der Waals surface area contributed by atoms with Crippen molar-refractivity contribution in [1.29, 1.82) is 0 Å². The molecule has 0 saturated carbocycles. The van der Waals surface area contributed by atoms with E-state index in [-0.39, 0.29) is 35.7 Å². The zero-order chi connectivity index (χ0) is 24.9. The fourth-order valence-corrected chi connectivity index (χ4v) is 4.82. The van der Waals surface area contributed by atoms with E-state index >= 15 is 0 Å². The van der Waals surface area contributed by atoms with Crippen molar-refractivity contribution in [2.75, 3.05) is 0 Å². The van der Waals surface area contributed by atoms with E-state index in [1.54, 1.807) is 44.2 Å². The van der Waals surface area contributed by atoms with Crippen molar-refractivity contribution < 1.29 is 27.6 Å². The molecule has 0 bridgehead atoms. The topological polar surface area (TPSA) is 66.5 Å². The smallest absolute Gasteiger partial charge is 0.326 e. The first-order valence-electron chi connectivity index (χ1n) is 10.6. The summed E-state index contributed by atoms with van der Waals surface area (Å²) in [6.45, 7) is 3.36. The maximum absolute atomic E-state index is 14.8. The van der Waals surface area contributed by atoms with Gasteiger partial charge in [0.1, 0.15) is 0 Å². The molecule has 34 heavy (non-hydrogen) atoms. The van der Waals surface area contributed by atoms with Gasteiger partial charge in [-0.2, -0.15) is 13.2 Å². The molecule has 2 aromatic rings. The van der Waals surface area contributed by atoms with Crippen LogP contribution in [0.25, 0.3) is 0 Å². The average molecular weight is 491 g/mol. The van der Waals surface area contributed by atoms with Gasteiger partial charge in [0, 0.05) is 22.7 Å². The molecule has 1 heterocycles. The minimum absolute atomic E-state index is 0.00109. The monoisotopic (exact) mass is 490 g/mol. The number of amides is 2. The molecule has 0 fully saturated rings. The van der Waals surface area contributed by atoms with Crippen LogP contribution < -0.4 is 5.32 Å². The zero-order valence-electron chi connectivity index (χ0n) is 18.5. The second-order valence-electron chi connectivity index (χ2n) is 9.35. The first-order chi connectivity index (χ1) is 15.9. The van der Waals surface area contributed by atoms with Gasteiger partial charge in [-0.15, -0.1) is 0 Å². The summed E-state index contributed by atoms with van der Waals surface area (Å²) in [5.74, 6) is -3.35. The Morgan fingerprint density at radius 1 is 1.06 bits per heavy atom.